The SMILES string of the molecule is CC[Si](Cc1ccccc1)(Cc1ccccc1)Cc1ccccc1. The Hall–Kier alpha value is -2.12. The Balaban J connectivity index is 1.91. The second kappa shape index (κ2) is 8.12. The van der Waals surface area contributed by atoms with E-state index in [0.29, 0.717) is 0 Å². The van der Waals surface area contributed by atoms with E-state index in [-0.39, 0.29) is 0 Å². The smallest absolute Gasteiger partial charge is 0.0663 e. The largest absolute Gasteiger partial charge is 0.0677 e. The number of hydrogen-bond acceptors (Lipinski definition) is 0. The molecule has 1 heteroatoms. The van der Waals surface area contributed by atoms with Crippen LogP contribution < -0.4 is 0 Å². The number of rotatable bonds is 7. The molecule has 0 aliphatic heterocycles. The van der Waals surface area contributed by atoms with Gasteiger partial charge in [-0.3, -0.25) is 0 Å². The Bertz CT molecular complexity index is 618. The van der Waals surface area contributed by atoms with Crippen LogP contribution in [0.2, 0.25) is 6.04 Å². The van der Waals surface area contributed by atoms with Gasteiger partial charge >= 0.3 is 0 Å². The first-order chi connectivity index (χ1) is 11.8. The first-order valence-electron chi connectivity index (χ1n) is 8.91. The summed E-state index contributed by atoms with van der Waals surface area (Å²) < 4.78 is 0. The molecule has 3 rings (SSSR count). The maximum Gasteiger partial charge on any atom is 0.0663 e. The molecule has 24 heavy (non-hydrogen) atoms. The van der Waals surface area contributed by atoms with Gasteiger partial charge in [0.25, 0.3) is 0 Å². The van der Waals surface area contributed by atoms with Crippen molar-refractivity contribution in [2.45, 2.75) is 31.1 Å². The van der Waals surface area contributed by atoms with Gasteiger partial charge in [0.15, 0.2) is 0 Å². The van der Waals surface area contributed by atoms with Crippen LogP contribution in [-0.2, 0) is 18.1 Å². The van der Waals surface area contributed by atoms with E-state index in [1.54, 1.807) is 0 Å². The lowest BCUT2D eigenvalue weighted by atomic mass is 10.2. The summed E-state index contributed by atoms with van der Waals surface area (Å²) in [6.45, 7) is 2.40. The fourth-order valence-electron chi connectivity index (χ4n) is 3.65. The maximum absolute atomic E-state index is 2.40. The predicted molar refractivity (Wildman–Crippen MR) is 107 cm³/mol. The molecule has 0 saturated carbocycles. The van der Waals surface area contributed by atoms with E-state index in [4.69, 9.17) is 0 Å². The molecule has 0 heterocycles. The molecule has 3 aromatic carbocycles. The van der Waals surface area contributed by atoms with Crippen molar-refractivity contribution in [3.8, 4) is 0 Å². The summed E-state index contributed by atoms with van der Waals surface area (Å²) in [5.74, 6) is 0. The molecular weight excluding hydrogens is 304 g/mol. The summed E-state index contributed by atoms with van der Waals surface area (Å²) in [6.07, 6.45) is 0. The molecule has 0 N–H and O–H groups in total. The molecule has 0 radical (unpaired) electrons. The van der Waals surface area contributed by atoms with Crippen molar-refractivity contribution in [3.05, 3.63) is 108 Å². The van der Waals surface area contributed by atoms with E-state index in [1.807, 2.05) is 0 Å². The molecule has 0 unspecified atom stereocenters. The Kier molecular flexibility index (Phi) is 5.66. The van der Waals surface area contributed by atoms with Crippen molar-refractivity contribution < 1.29 is 0 Å². The van der Waals surface area contributed by atoms with Gasteiger partial charge in [-0.25, -0.2) is 0 Å². The topological polar surface area (TPSA) is 0 Å². The first-order valence-corrected chi connectivity index (χ1v) is 11.7. The van der Waals surface area contributed by atoms with Crippen molar-refractivity contribution >= 4 is 8.07 Å². The van der Waals surface area contributed by atoms with Crippen LogP contribution in [0.1, 0.15) is 23.6 Å². The van der Waals surface area contributed by atoms with Crippen molar-refractivity contribution in [1.29, 1.82) is 0 Å². The van der Waals surface area contributed by atoms with E-state index in [9.17, 15) is 0 Å². The quantitative estimate of drug-likeness (QED) is 0.480. The monoisotopic (exact) mass is 330 g/mol. The first kappa shape index (κ1) is 16.7. The Morgan fingerprint density at radius 2 is 0.792 bits per heavy atom. The number of benzene rings is 3. The number of hydrogen-bond donors (Lipinski definition) is 0. The second-order valence-corrected chi connectivity index (χ2v) is 11.6. The molecule has 0 saturated heterocycles. The summed E-state index contributed by atoms with van der Waals surface area (Å²) in [6, 6.07) is 38.3. The third-order valence-corrected chi connectivity index (χ3v) is 9.99. The van der Waals surface area contributed by atoms with Crippen LogP contribution in [0.5, 0.6) is 0 Å². The Morgan fingerprint density at radius 3 is 1.04 bits per heavy atom. The molecule has 3 aromatic rings. The zero-order valence-electron chi connectivity index (χ0n) is 14.5. The average Bonchev–Trinajstić information content (AvgIpc) is 2.64. The minimum absolute atomic E-state index is 1.26. The molecule has 0 spiro atoms. The molecule has 0 fully saturated rings. The lowest BCUT2D eigenvalue weighted by molar-refractivity contribution is 1.08. The third kappa shape index (κ3) is 4.45. The highest BCUT2D eigenvalue weighted by Crippen LogP contribution is 2.26. The van der Waals surface area contributed by atoms with Crippen LogP contribution in [0.15, 0.2) is 91.0 Å². The fourth-order valence-corrected chi connectivity index (χ4v) is 8.08. The zero-order chi connectivity index (χ0) is 16.7. The Morgan fingerprint density at radius 1 is 0.500 bits per heavy atom. The normalized spacial score (nSPS) is 11.4. The molecule has 0 aliphatic carbocycles. The van der Waals surface area contributed by atoms with Crippen molar-refractivity contribution in [3.63, 3.8) is 0 Å². The highest BCUT2D eigenvalue weighted by Gasteiger charge is 2.31. The maximum atomic E-state index is 2.40. The molecule has 0 bridgehead atoms. The van der Waals surface area contributed by atoms with Gasteiger partial charge in [-0.15, -0.1) is 0 Å². The van der Waals surface area contributed by atoms with Gasteiger partial charge in [0, 0.05) is 0 Å². The van der Waals surface area contributed by atoms with Crippen LogP contribution in [0.4, 0.5) is 0 Å². The van der Waals surface area contributed by atoms with Gasteiger partial charge in [0.1, 0.15) is 0 Å². The third-order valence-electron chi connectivity index (χ3n) is 5.02. The molecule has 0 aromatic heterocycles. The lowest BCUT2D eigenvalue weighted by Gasteiger charge is -2.31. The summed E-state index contributed by atoms with van der Waals surface area (Å²) in [5.41, 5.74) is 4.49. The van der Waals surface area contributed by atoms with Crippen LogP contribution >= 0.6 is 0 Å². The summed E-state index contributed by atoms with van der Waals surface area (Å²) >= 11 is 0. The van der Waals surface area contributed by atoms with E-state index < -0.39 is 8.07 Å². The second-order valence-electron chi connectivity index (χ2n) is 6.84. The molecule has 0 atom stereocenters. The minimum atomic E-state index is -1.49. The van der Waals surface area contributed by atoms with E-state index in [0.717, 1.165) is 0 Å². The fraction of sp³-hybridized carbons (Fsp3) is 0.217. The summed E-state index contributed by atoms with van der Waals surface area (Å²) in [4.78, 5) is 0. The van der Waals surface area contributed by atoms with Gasteiger partial charge in [-0.1, -0.05) is 121 Å². The van der Waals surface area contributed by atoms with Gasteiger partial charge < -0.3 is 0 Å². The van der Waals surface area contributed by atoms with Gasteiger partial charge in [-0.05, 0) is 18.1 Å². The van der Waals surface area contributed by atoms with E-state index >= 15 is 0 Å². The zero-order valence-corrected chi connectivity index (χ0v) is 15.5. The molecule has 0 amide bonds. The highest BCUT2D eigenvalue weighted by molar-refractivity contribution is 6.78. The summed E-state index contributed by atoms with van der Waals surface area (Å²) in [5, 5.41) is 0. The van der Waals surface area contributed by atoms with Crippen LogP contribution in [0.25, 0.3) is 0 Å². The van der Waals surface area contributed by atoms with Crippen LogP contribution in [0.3, 0.4) is 0 Å². The average molecular weight is 331 g/mol. The van der Waals surface area contributed by atoms with Crippen molar-refractivity contribution in [1.82, 2.24) is 0 Å². The van der Waals surface area contributed by atoms with E-state index in [1.165, 1.54) is 40.9 Å². The van der Waals surface area contributed by atoms with Crippen molar-refractivity contribution in [2.75, 3.05) is 0 Å². The molecular formula is C23H26Si. The standard InChI is InChI=1S/C23H26Si/c1-2-24(18-21-12-6-3-7-13-21,19-22-14-8-4-9-15-22)20-23-16-10-5-11-17-23/h3-17H,2,18-20H2,1H3. The van der Waals surface area contributed by atoms with E-state index in [2.05, 4.69) is 97.9 Å². The lowest BCUT2D eigenvalue weighted by Crippen LogP contribution is -2.43. The van der Waals surface area contributed by atoms with Gasteiger partial charge in [0.05, 0.1) is 8.07 Å². The molecule has 0 aliphatic rings. The summed E-state index contributed by atoms with van der Waals surface area (Å²) in [7, 11) is -1.49. The van der Waals surface area contributed by atoms with Crippen molar-refractivity contribution in [2.24, 2.45) is 0 Å². The molecule has 0 nitrogen and oxygen atoms in total. The minimum Gasteiger partial charge on any atom is -0.0677 e. The Labute approximate surface area is 147 Å². The van der Waals surface area contributed by atoms with Gasteiger partial charge in [-0.2, -0.15) is 0 Å². The highest BCUT2D eigenvalue weighted by atomic mass is 28.3. The molecule has 122 valence electrons. The van der Waals surface area contributed by atoms with Crippen LogP contribution in [0, 0.1) is 0 Å². The van der Waals surface area contributed by atoms with Gasteiger partial charge in [0.2, 0.25) is 0 Å². The predicted octanol–water partition coefficient (Wildman–Crippen LogP) is 5.80. The van der Waals surface area contributed by atoms with Crippen LogP contribution in [-0.4, -0.2) is 8.07 Å².